The van der Waals surface area contributed by atoms with Crippen molar-refractivity contribution in [2.24, 2.45) is 13.0 Å². The molecule has 2 unspecified atom stereocenters. The van der Waals surface area contributed by atoms with Crippen LogP contribution < -0.4 is 0 Å². The zero-order valence-corrected chi connectivity index (χ0v) is 16.5. The molecule has 0 amide bonds. The number of hydrogen-bond donors (Lipinski definition) is 0. The molecule has 146 valence electrons. The van der Waals surface area contributed by atoms with Crippen molar-refractivity contribution in [2.75, 3.05) is 11.5 Å². The number of ketones is 1. The zero-order valence-electron chi connectivity index (χ0n) is 14.9. The summed E-state index contributed by atoms with van der Waals surface area (Å²) in [4.78, 5) is 12.4. The number of nitrogens with zero attached hydrogens (tertiary/aromatic N) is 3. The Kier molecular flexibility index (Phi) is 5.66. The molecule has 1 fully saturated rings. The van der Waals surface area contributed by atoms with Crippen molar-refractivity contribution in [3.05, 3.63) is 41.2 Å². The lowest BCUT2D eigenvalue weighted by atomic mass is 10.1. The quantitative estimate of drug-likeness (QED) is 0.532. The van der Waals surface area contributed by atoms with Gasteiger partial charge in [-0.2, -0.15) is 0 Å². The Morgan fingerprint density at radius 2 is 2.11 bits per heavy atom. The molecule has 1 aliphatic heterocycles. The molecular formula is C17H19F2N3O3S2. The van der Waals surface area contributed by atoms with E-state index in [0.29, 0.717) is 29.9 Å². The van der Waals surface area contributed by atoms with Gasteiger partial charge in [-0.3, -0.25) is 4.79 Å². The molecule has 1 saturated heterocycles. The molecule has 0 spiro atoms. The van der Waals surface area contributed by atoms with Crippen molar-refractivity contribution in [3.63, 3.8) is 0 Å². The standard InChI is InChI=1S/C17H19F2N3O3S2/c1-10(16(23)13-4-3-12(18)8-14(13)19)26-17-21-20-15(22(17)2)7-11-5-6-27(24,25)9-11/h3-4,8,10-11H,5-7,9H2,1-2H3. The van der Waals surface area contributed by atoms with Crippen LogP contribution in [0.5, 0.6) is 0 Å². The molecule has 27 heavy (non-hydrogen) atoms. The Balaban J connectivity index is 1.69. The monoisotopic (exact) mass is 415 g/mol. The Morgan fingerprint density at radius 3 is 2.74 bits per heavy atom. The SMILES string of the molecule is CC(Sc1nnc(CC2CCS(=O)(=O)C2)n1C)C(=O)c1ccc(F)cc1F. The van der Waals surface area contributed by atoms with E-state index in [-0.39, 0.29) is 23.0 Å². The smallest absolute Gasteiger partial charge is 0.191 e. The molecule has 10 heteroatoms. The maximum atomic E-state index is 13.8. The maximum Gasteiger partial charge on any atom is 0.191 e. The van der Waals surface area contributed by atoms with E-state index in [1.165, 1.54) is 0 Å². The first-order valence-electron chi connectivity index (χ1n) is 8.41. The predicted molar refractivity (Wildman–Crippen MR) is 97.5 cm³/mol. The van der Waals surface area contributed by atoms with Crippen LogP contribution in [0.1, 0.15) is 29.5 Å². The van der Waals surface area contributed by atoms with Crippen molar-refractivity contribution >= 4 is 27.4 Å². The second-order valence-corrected chi connectivity index (χ2v) is 10.2. The minimum atomic E-state index is -2.96. The summed E-state index contributed by atoms with van der Waals surface area (Å²) >= 11 is 1.13. The summed E-state index contributed by atoms with van der Waals surface area (Å²) in [6, 6.07) is 2.86. The lowest BCUT2D eigenvalue weighted by Crippen LogP contribution is -2.16. The Labute approximate surface area is 160 Å². The summed E-state index contributed by atoms with van der Waals surface area (Å²) < 4.78 is 51.7. The first-order valence-corrected chi connectivity index (χ1v) is 11.1. The van der Waals surface area contributed by atoms with Crippen LogP contribution in [0, 0.1) is 17.6 Å². The third-order valence-electron chi connectivity index (χ3n) is 4.57. The van der Waals surface area contributed by atoms with Gasteiger partial charge in [0.1, 0.15) is 17.5 Å². The molecule has 3 rings (SSSR count). The summed E-state index contributed by atoms with van der Waals surface area (Å²) in [5, 5.41) is 8.01. The van der Waals surface area contributed by atoms with Crippen LogP contribution in [0.2, 0.25) is 0 Å². The lowest BCUT2D eigenvalue weighted by molar-refractivity contribution is 0.0990. The fourth-order valence-corrected chi connectivity index (χ4v) is 5.80. The molecule has 0 aliphatic carbocycles. The van der Waals surface area contributed by atoms with Gasteiger partial charge in [0, 0.05) is 19.5 Å². The van der Waals surface area contributed by atoms with Gasteiger partial charge >= 0.3 is 0 Å². The first-order chi connectivity index (χ1) is 12.7. The minimum absolute atomic E-state index is 0.0168. The van der Waals surface area contributed by atoms with Gasteiger partial charge in [-0.15, -0.1) is 10.2 Å². The highest BCUT2D eigenvalue weighted by Crippen LogP contribution is 2.27. The number of Topliss-reactive ketones (excluding diaryl/α,β-unsaturated/α-hetero) is 1. The summed E-state index contributed by atoms with van der Waals surface area (Å²) in [6.07, 6.45) is 1.11. The van der Waals surface area contributed by atoms with Crippen LogP contribution in [0.15, 0.2) is 23.4 Å². The number of aromatic nitrogens is 3. The first kappa shape index (κ1) is 19.9. The van der Waals surface area contributed by atoms with E-state index in [9.17, 15) is 22.0 Å². The number of hydrogen-bond acceptors (Lipinski definition) is 6. The molecule has 2 heterocycles. The highest BCUT2D eigenvalue weighted by atomic mass is 32.2. The van der Waals surface area contributed by atoms with E-state index in [0.717, 1.165) is 23.9 Å². The molecule has 2 aromatic rings. The minimum Gasteiger partial charge on any atom is -0.309 e. The lowest BCUT2D eigenvalue weighted by Gasteiger charge is -2.11. The van der Waals surface area contributed by atoms with Crippen molar-refractivity contribution in [2.45, 2.75) is 30.2 Å². The second kappa shape index (κ2) is 7.67. The van der Waals surface area contributed by atoms with Crippen LogP contribution in [-0.4, -0.2) is 45.7 Å². The Bertz CT molecular complexity index is 976. The number of benzene rings is 1. The normalized spacial score (nSPS) is 19.9. The van der Waals surface area contributed by atoms with Gasteiger partial charge in [-0.1, -0.05) is 11.8 Å². The van der Waals surface area contributed by atoms with Crippen molar-refractivity contribution in [1.29, 1.82) is 0 Å². The number of carbonyl (C=O) groups excluding carboxylic acids is 1. The highest BCUT2D eigenvalue weighted by molar-refractivity contribution is 8.00. The molecule has 1 aromatic heterocycles. The van der Waals surface area contributed by atoms with Crippen molar-refractivity contribution in [1.82, 2.24) is 14.8 Å². The van der Waals surface area contributed by atoms with Gasteiger partial charge in [0.25, 0.3) is 0 Å². The van der Waals surface area contributed by atoms with E-state index >= 15 is 0 Å². The molecular weight excluding hydrogens is 396 g/mol. The Hall–Kier alpha value is -1.81. The van der Waals surface area contributed by atoms with Gasteiger partial charge in [-0.05, 0) is 31.4 Å². The number of carbonyl (C=O) groups is 1. The van der Waals surface area contributed by atoms with Crippen molar-refractivity contribution in [3.8, 4) is 0 Å². The van der Waals surface area contributed by atoms with Crippen LogP contribution in [-0.2, 0) is 23.3 Å². The van der Waals surface area contributed by atoms with E-state index in [4.69, 9.17) is 0 Å². The van der Waals surface area contributed by atoms with Crippen molar-refractivity contribution < 1.29 is 22.0 Å². The average molecular weight is 415 g/mol. The summed E-state index contributed by atoms with van der Waals surface area (Å²) in [6.45, 7) is 1.62. The number of halogens is 2. The average Bonchev–Trinajstić information content (AvgIpc) is 3.10. The summed E-state index contributed by atoms with van der Waals surface area (Å²) in [5.74, 6) is -1.09. The number of sulfone groups is 1. The third kappa shape index (κ3) is 4.55. The van der Waals surface area contributed by atoms with Crippen LogP contribution in [0.4, 0.5) is 8.78 Å². The van der Waals surface area contributed by atoms with Crippen LogP contribution in [0.3, 0.4) is 0 Å². The van der Waals surface area contributed by atoms with Gasteiger partial charge in [0.05, 0.1) is 22.3 Å². The fourth-order valence-electron chi connectivity index (χ4n) is 3.04. The van der Waals surface area contributed by atoms with Crippen LogP contribution in [0.25, 0.3) is 0 Å². The van der Waals surface area contributed by atoms with Gasteiger partial charge in [0.2, 0.25) is 0 Å². The molecule has 1 aliphatic rings. The molecule has 0 radical (unpaired) electrons. The number of rotatable bonds is 6. The van der Waals surface area contributed by atoms with Crippen LogP contribution >= 0.6 is 11.8 Å². The topological polar surface area (TPSA) is 81.9 Å². The second-order valence-electron chi connectivity index (χ2n) is 6.68. The van der Waals surface area contributed by atoms with Gasteiger partial charge in [0.15, 0.2) is 20.8 Å². The summed E-state index contributed by atoms with van der Waals surface area (Å²) in [5.41, 5.74) is -0.171. The summed E-state index contributed by atoms with van der Waals surface area (Å²) in [7, 11) is -1.21. The molecule has 2 atom stereocenters. The molecule has 0 bridgehead atoms. The third-order valence-corrected chi connectivity index (χ3v) is 7.54. The van der Waals surface area contributed by atoms with E-state index in [2.05, 4.69) is 10.2 Å². The Morgan fingerprint density at radius 1 is 1.37 bits per heavy atom. The molecule has 0 saturated carbocycles. The zero-order chi connectivity index (χ0) is 19.8. The fraction of sp³-hybridized carbons (Fsp3) is 0.471. The van der Waals surface area contributed by atoms with Gasteiger partial charge < -0.3 is 4.57 Å². The molecule has 6 nitrogen and oxygen atoms in total. The van der Waals surface area contributed by atoms with Gasteiger partial charge in [-0.25, -0.2) is 17.2 Å². The van der Waals surface area contributed by atoms with E-state index in [1.807, 2.05) is 0 Å². The largest absolute Gasteiger partial charge is 0.309 e. The van der Waals surface area contributed by atoms with E-state index in [1.54, 1.807) is 18.5 Å². The molecule has 1 aromatic carbocycles. The number of thioether (sulfide) groups is 1. The predicted octanol–water partition coefficient (Wildman–Crippen LogP) is 2.43. The molecule has 0 N–H and O–H groups in total. The maximum absolute atomic E-state index is 13.8. The van der Waals surface area contributed by atoms with E-state index < -0.39 is 32.5 Å². The highest BCUT2D eigenvalue weighted by Gasteiger charge is 2.30.